The fourth-order valence-corrected chi connectivity index (χ4v) is 5.47. The molecule has 0 spiro atoms. The van der Waals surface area contributed by atoms with E-state index in [1.165, 1.54) is 14.0 Å². The minimum Gasteiger partial charge on any atom is -0.467 e. The monoisotopic (exact) mass is 611 g/mol. The van der Waals surface area contributed by atoms with E-state index in [2.05, 4.69) is 49.3 Å². The number of carbonyl (C=O) groups excluding carboxylic acids is 4. The zero-order chi connectivity index (χ0) is 30.9. The number of hydrogen-bond acceptors (Lipinski definition) is 6. The van der Waals surface area contributed by atoms with Gasteiger partial charge in [-0.3, -0.25) is 24.6 Å². The molecule has 12 nitrogen and oxygen atoms in total. The van der Waals surface area contributed by atoms with Crippen molar-refractivity contribution in [2.24, 2.45) is 0 Å². The lowest BCUT2D eigenvalue weighted by atomic mass is 9.99. The first-order chi connectivity index (χ1) is 20.7. The first-order valence-corrected chi connectivity index (χ1v) is 14.7. The summed E-state index contributed by atoms with van der Waals surface area (Å²) >= 11 is 5.42. The second-order valence-corrected chi connectivity index (χ2v) is 11.0. The standard InChI is InChI=1S/C30H38ClN7O5/c1-17(39)34-26-16-19-10-12-23-21(15-19)20-14-18(9-11-22(20)35-23)6-3-4-7-25(29(42)43-2)37-27(40)24(36-28(26)41)8-5-13-33-30(32)38-31/h9-12,14-15,24-26,35H,3-8,13,16H2,1-2H3,(H,34,39)(H,36,41)(H,37,40)(H3,32,33,38)/t24-,25+,26?/m1/s1. The summed E-state index contributed by atoms with van der Waals surface area (Å²) in [5.41, 5.74) is 3.97. The average molecular weight is 612 g/mol. The molecular weight excluding hydrogens is 574 g/mol. The normalized spacial score (nSPS) is 19.8. The highest BCUT2D eigenvalue weighted by atomic mass is 35.5. The van der Waals surface area contributed by atoms with Crippen LogP contribution in [-0.2, 0) is 36.8 Å². The van der Waals surface area contributed by atoms with Crippen molar-refractivity contribution in [1.82, 2.24) is 31.1 Å². The molecule has 7 N–H and O–H groups in total. The molecule has 1 aliphatic rings. The fourth-order valence-electron chi connectivity index (χ4n) is 5.40. The van der Waals surface area contributed by atoms with Gasteiger partial charge in [0.2, 0.25) is 23.7 Å². The molecular formula is C30H38ClN7O5. The van der Waals surface area contributed by atoms with E-state index in [-0.39, 0.29) is 24.7 Å². The molecule has 0 saturated heterocycles. The summed E-state index contributed by atoms with van der Waals surface area (Å²) in [6.45, 7) is 1.64. The predicted molar refractivity (Wildman–Crippen MR) is 164 cm³/mol. The van der Waals surface area contributed by atoms with Crippen LogP contribution in [0.2, 0.25) is 0 Å². The molecule has 2 heterocycles. The van der Waals surface area contributed by atoms with Crippen LogP contribution in [0.1, 0.15) is 50.2 Å². The Bertz CT molecular complexity index is 1510. The number of nitrogens with one attached hydrogen (secondary N) is 7. The van der Waals surface area contributed by atoms with Crippen LogP contribution in [0.4, 0.5) is 0 Å². The van der Waals surface area contributed by atoms with Crippen LogP contribution in [0.15, 0.2) is 36.4 Å². The third-order valence-electron chi connectivity index (χ3n) is 7.57. The molecule has 1 aromatic heterocycles. The molecule has 1 unspecified atom stereocenters. The van der Waals surface area contributed by atoms with Gasteiger partial charge in [0.25, 0.3) is 0 Å². The molecule has 0 saturated carbocycles. The number of aromatic nitrogens is 1. The molecule has 230 valence electrons. The van der Waals surface area contributed by atoms with E-state index < -0.39 is 35.9 Å². The largest absolute Gasteiger partial charge is 0.467 e. The van der Waals surface area contributed by atoms with Gasteiger partial charge < -0.3 is 31.0 Å². The maximum Gasteiger partial charge on any atom is 0.328 e. The molecule has 3 aromatic rings. The summed E-state index contributed by atoms with van der Waals surface area (Å²) < 4.78 is 4.96. The molecule has 0 radical (unpaired) electrons. The molecule has 0 aliphatic carbocycles. The number of methoxy groups -OCH3 is 1. The first kappa shape index (κ1) is 31.6. The van der Waals surface area contributed by atoms with Crippen LogP contribution in [0.25, 0.3) is 21.8 Å². The van der Waals surface area contributed by atoms with Crippen LogP contribution in [0, 0.1) is 5.41 Å². The second-order valence-electron chi connectivity index (χ2n) is 10.8. The van der Waals surface area contributed by atoms with Crippen molar-refractivity contribution >= 4 is 63.2 Å². The Hall–Kier alpha value is -4.32. The van der Waals surface area contributed by atoms with E-state index in [0.717, 1.165) is 45.8 Å². The first-order valence-electron chi connectivity index (χ1n) is 14.4. The van der Waals surface area contributed by atoms with Gasteiger partial charge in [-0.25, -0.2) is 4.79 Å². The Balaban J connectivity index is 1.67. The zero-order valence-electron chi connectivity index (χ0n) is 24.3. The predicted octanol–water partition coefficient (Wildman–Crippen LogP) is 2.29. The van der Waals surface area contributed by atoms with Crippen molar-refractivity contribution in [1.29, 1.82) is 5.41 Å². The molecule has 4 rings (SSSR count). The number of benzene rings is 2. The van der Waals surface area contributed by atoms with E-state index in [9.17, 15) is 19.2 Å². The van der Waals surface area contributed by atoms with Gasteiger partial charge in [0, 0.05) is 53.5 Å². The van der Waals surface area contributed by atoms with Gasteiger partial charge in [0.05, 0.1) is 7.11 Å². The van der Waals surface area contributed by atoms with Crippen molar-refractivity contribution in [3.8, 4) is 0 Å². The van der Waals surface area contributed by atoms with Gasteiger partial charge in [0.15, 0.2) is 0 Å². The van der Waals surface area contributed by atoms with Crippen LogP contribution in [-0.4, -0.2) is 66.4 Å². The second kappa shape index (κ2) is 14.7. The quantitative estimate of drug-likeness (QED) is 0.0735. The fraction of sp³-hybridized carbons (Fsp3) is 0.433. The highest BCUT2D eigenvalue weighted by Gasteiger charge is 2.30. The summed E-state index contributed by atoms with van der Waals surface area (Å²) in [6, 6.07) is 9.35. The van der Waals surface area contributed by atoms with Crippen LogP contribution in [0.3, 0.4) is 0 Å². The number of H-pyrrole nitrogens is 1. The highest BCUT2D eigenvalue weighted by molar-refractivity contribution is 6.21. The van der Waals surface area contributed by atoms with Crippen LogP contribution >= 0.6 is 11.8 Å². The lowest BCUT2D eigenvalue weighted by molar-refractivity contribution is -0.145. The molecule has 43 heavy (non-hydrogen) atoms. The van der Waals surface area contributed by atoms with Crippen molar-refractivity contribution in [3.63, 3.8) is 0 Å². The number of aromatic amines is 1. The van der Waals surface area contributed by atoms with Gasteiger partial charge in [-0.05, 0) is 67.5 Å². The average Bonchev–Trinajstić information content (AvgIpc) is 3.35. The Morgan fingerprint density at radius 1 is 1.02 bits per heavy atom. The molecule has 4 bridgehead atoms. The molecule has 2 aromatic carbocycles. The van der Waals surface area contributed by atoms with Crippen molar-refractivity contribution < 1.29 is 23.9 Å². The number of hydrogen-bond donors (Lipinski definition) is 7. The molecule has 3 amide bonds. The van der Waals surface area contributed by atoms with Crippen LogP contribution in [0.5, 0.6) is 0 Å². The van der Waals surface area contributed by atoms with E-state index in [4.69, 9.17) is 21.9 Å². The number of amides is 3. The number of carbonyl (C=O) groups is 4. The van der Waals surface area contributed by atoms with Gasteiger partial charge in [0.1, 0.15) is 18.1 Å². The number of guanidine groups is 1. The summed E-state index contributed by atoms with van der Waals surface area (Å²) in [5, 5.41) is 20.7. The maximum atomic E-state index is 13.6. The Morgan fingerprint density at radius 3 is 2.40 bits per heavy atom. The third-order valence-corrected chi connectivity index (χ3v) is 7.76. The summed E-state index contributed by atoms with van der Waals surface area (Å²) in [5.74, 6) is -2.12. The van der Waals surface area contributed by atoms with E-state index in [0.29, 0.717) is 25.8 Å². The van der Waals surface area contributed by atoms with E-state index in [1.54, 1.807) is 0 Å². The lowest BCUT2D eigenvalue weighted by Crippen LogP contribution is -2.56. The Morgan fingerprint density at radius 2 is 1.72 bits per heavy atom. The number of ether oxygens (including phenoxy) is 1. The van der Waals surface area contributed by atoms with Crippen molar-refractivity contribution in [3.05, 3.63) is 47.5 Å². The highest BCUT2D eigenvalue weighted by Crippen LogP contribution is 2.28. The molecule has 3 atom stereocenters. The smallest absolute Gasteiger partial charge is 0.328 e. The van der Waals surface area contributed by atoms with E-state index >= 15 is 0 Å². The van der Waals surface area contributed by atoms with Crippen molar-refractivity contribution in [2.45, 2.75) is 70.0 Å². The summed E-state index contributed by atoms with van der Waals surface area (Å²) in [6.07, 6.45) is 3.42. The topological polar surface area (TPSA) is 177 Å². The number of halogens is 1. The zero-order valence-corrected chi connectivity index (χ0v) is 25.0. The third kappa shape index (κ3) is 8.38. The SMILES string of the molecule is COC(=O)[C@@H]1CCCCc2ccc3[nH]c4ccc(cc4c3c2)CC(NC(C)=O)C(=O)N[C@H](CCCNC(=N)NCl)C(=O)N1. The Kier molecular flexibility index (Phi) is 10.8. The maximum absolute atomic E-state index is 13.6. The van der Waals surface area contributed by atoms with Gasteiger partial charge in [-0.1, -0.05) is 18.6 Å². The van der Waals surface area contributed by atoms with Crippen LogP contribution < -0.4 is 26.1 Å². The Labute approximate surface area is 254 Å². The number of aryl methyl sites for hydroxylation is 1. The molecule has 13 heteroatoms. The number of fused-ring (bicyclic) bond motifs is 2. The van der Waals surface area contributed by atoms with Gasteiger partial charge in [-0.2, -0.15) is 0 Å². The minimum absolute atomic E-state index is 0.0980. The van der Waals surface area contributed by atoms with E-state index in [1.807, 2.05) is 18.2 Å². The number of esters is 1. The number of rotatable bonds is 6. The van der Waals surface area contributed by atoms with Gasteiger partial charge >= 0.3 is 5.97 Å². The minimum atomic E-state index is -1.01. The summed E-state index contributed by atoms with van der Waals surface area (Å²) in [4.78, 5) is 57.4. The van der Waals surface area contributed by atoms with Crippen molar-refractivity contribution in [2.75, 3.05) is 13.7 Å². The molecule has 0 fully saturated rings. The summed E-state index contributed by atoms with van der Waals surface area (Å²) in [7, 11) is 1.27. The van der Waals surface area contributed by atoms with Gasteiger partial charge in [-0.15, -0.1) is 0 Å². The lowest BCUT2D eigenvalue weighted by Gasteiger charge is -2.25. The molecule has 1 aliphatic heterocycles.